The highest BCUT2D eigenvalue weighted by atomic mass is 35.5. The Kier molecular flexibility index (Phi) is 4.08. The van der Waals surface area contributed by atoms with Crippen LogP contribution in [-0.2, 0) is 12.8 Å². The second-order valence-electron chi connectivity index (χ2n) is 7.72. The molecule has 148 valence electrons. The van der Waals surface area contributed by atoms with Gasteiger partial charge in [-0.3, -0.25) is 4.79 Å². The largest absolute Gasteiger partial charge is 0.360 e. The molecular formula is C24H18ClN3OS. The number of amides is 1. The molecule has 1 aliphatic carbocycles. The van der Waals surface area contributed by atoms with Gasteiger partial charge in [0.1, 0.15) is 15.9 Å². The number of pyridine rings is 1. The third kappa shape index (κ3) is 2.73. The molecule has 0 bridgehead atoms. The number of aromatic nitrogens is 1. The summed E-state index contributed by atoms with van der Waals surface area (Å²) >= 11 is 7.52. The lowest BCUT2D eigenvalue weighted by Crippen LogP contribution is -2.37. The molecule has 2 aliphatic rings. The molecule has 4 nitrogen and oxygen atoms in total. The monoisotopic (exact) mass is 431 g/mol. The van der Waals surface area contributed by atoms with Gasteiger partial charge >= 0.3 is 0 Å². The molecule has 1 aliphatic heterocycles. The van der Waals surface area contributed by atoms with Gasteiger partial charge in [0.15, 0.2) is 0 Å². The van der Waals surface area contributed by atoms with Gasteiger partial charge in [0.25, 0.3) is 5.91 Å². The zero-order valence-electron chi connectivity index (χ0n) is 16.0. The number of nitrogens with zero attached hydrogens (tertiary/aromatic N) is 1. The number of carbonyl (C=O) groups excluding carboxylic acids is 1. The van der Waals surface area contributed by atoms with E-state index < -0.39 is 0 Å². The maximum Gasteiger partial charge on any atom is 0.265 e. The van der Waals surface area contributed by atoms with Crippen LogP contribution in [-0.4, -0.2) is 10.9 Å². The molecule has 0 spiro atoms. The Morgan fingerprint density at radius 1 is 1.00 bits per heavy atom. The highest BCUT2D eigenvalue weighted by molar-refractivity contribution is 7.21. The molecule has 1 atom stereocenters. The summed E-state index contributed by atoms with van der Waals surface area (Å²) in [5, 5.41) is 8.40. The molecule has 4 aromatic rings. The van der Waals surface area contributed by atoms with E-state index in [4.69, 9.17) is 16.6 Å². The van der Waals surface area contributed by atoms with Crippen molar-refractivity contribution in [2.24, 2.45) is 0 Å². The van der Waals surface area contributed by atoms with Crippen LogP contribution >= 0.6 is 22.9 Å². The number of benzene rings is 2. The zero-order valence-corrected chi connectivity index (χ0v) is 17.6. The standard InChI is InChI=1S/C24H18ClN3OS/c25-15-11-9-14(10-12-15)22-27-20-19-18(13-5-2-1-3-6-13)16-7-4-8-17(16)26-24(19)30-21(20)23(29)28-22/h1-3,5-6,9-12,22,27H,4,7-8H2,(H,28,29). The van der Waals surface area contributed by atoms with E-state index in [0.717, 1.165) is 40.7 Å². The molecule has 1 amide bonds. The minimum absolute atomic E-state index is 0.0640. The number of anilines is 1. The summed E-state index contributed by atoms with van der Waals surface area (Å²) in [4.78, 5) is 19.6. The van der Waals surface area contributed by atoms with E-state index in [1.807, 2.05) is 30.3 Å². The molecule has 6 rings (SSSR count). The van der Waals surface area contributed by atoms with E-state index in [1.54, 1.807) is 0 Å². The second kappa shape index (κ2) is 6.83. The van der Waals surface area contributed by atoms with Gasteiger partial charge in [-0.15, -0.1) is 11.3 Å². The van der Waals surface area contributed by atoms with Crippen molar-refractivity contribution >= 4 is 44.7 Å². The number of fused-ring (bicyclic) bond motifs is 4. The summed E-state index contributed by atoms with van der Waals surface area (Å²) < 4.78 is 0. The Morgan fingerprint density at radius 2 is 1.80 bits per heavy atom. The maximum absolute atomic E-state index is 13.0. The van der Waals surface area contributed by atoms with E-state index in [2.05, 4.69) is 34.9 Å². The Balaban J connectivity index is 1.59. The fourth-order valence-corrected chi connectivity index (χ4v) is 5.74. The first kappa shape index (κ1) is 17.9. The molecule has 0 fully saturated rings. The molecule has 30 heavy (non-hydrogen) atoms. The number of carbonyl (C=O) groups is 1. The maximum atomic E-state index is 13.0. The van der Waals surface area contributed by atoms with Crippen molar-refractivity contribution in [2.45, 2.75) is 25.4 Å². The molecule has 1 unspecified atom stereocenters. The minimum atomic E-state index is -0.308. The Hall–Kier alpha value is -2.89. The molecule has 0 saturated heterocycles. The van der Waals surface area contributed by atoms with E-state index in [0.29, 0.717) is 9.90 Å². The molecular weight excluding hydrogens is 414 g/mol. The molecule has 0 saturated carbocycles. The normalized spacial score (nSPS) is 17.4. The van der Waals surface area contributed by atoms with E-state index in [-0.39, 0.29) is 12.1 Å². The van der Waals surface area contributed by atoms with Gasteiger partial charge in [-0.2, -0.15) is 0 Å². The van der Waals surface area contributed by atoms with Crippen molar-refractivity contribution in [2.75, 3.05) is 5.32 Å². The van der Waals surface area contributed by atoms with Crippen LogP contribution in [0.4, 0.5) is 5.69 Å². The van der Waals surface area contributed by atoms with Crippen molar-refractivity contribution in [3.63, 3.8) is 0 Å². The predicted octanol–water partition coefficient (Wildman–Crippen LogP) is 5.96. The lowest BCUT2D eigenvalue weighted by atomic mass is 9.95. The average molecular weight is 432 g/mol. The fraction of sp³-hybridized carbons (Fsp3) is 0.167. The predicted molar refractivity (Wildman–Crippen MR) is 122 cm³/mol. The van der Waals surface area contributed by atoms with Crippen LogP contribution in [0.3, 0.4) is 0 Å². The summed E-state index contributed by atoms with van der Waals surface area (Å²) in [5.41, 5.74) is 6.76. The number of rotatable bonds is 2. The van der Waals surface area contributed by atoms with Crippen LogP contribution in [0.15, 0.2) is 54.6 Å². The number of thiophene rings is 1. The highest BCUT2D eigenvalue weighted by Crippen LogP contribution is 2.47. The van der Waals surface area contributed by atoms with Gasteiger partial charge in [0, 0.05) is 16.1 Å². The van der Waals surface area contributed by atoms with Gasteiger partial charge in [0.2, 0.25) is 0 Å². The SMILES string of the molecule is O=C1NC(c2ccc(Cl)cc2)Nc2c1sc1nc3c(c(-c4ccccc4)c21)CCC3. The Morgan fingerprint density at radius 3 is 2.60 bits per heavy atom. The second-order valence-corrected chi connectivity index (χ2v) is 9.16. The first-order chi connectivity index (χ1) is 14.7. The van der Waals surface area contributed by atoms with Gasteiger partial charge in [-0.05, 0) is 53.6 Å². The van der Waals surface area contributed by atoms with Crippen molar-refractivity contribution < 1.29 is 4.79 Å². The Bertz CT molecular complexity index is 1300. The molecule has 0 radical (unpaired) electrons. The zero-order chi connectivity index (χ0) is 20.2. The highest BCUT2D eigenvalue weighted by Gasteiger charge is 2.32. The van der Waals surface area contributed by atoms with Crippen LogP contribution in [0.2, 0.25) is 5.02 Å². The van der Waals surface area contributed by atoms with Crippen LogP contribution in [0.25, 0.3) is 21.3 Å². The van der Waals surface area contributed by atoms with Crippen LogP contribution in [0.1, 0.15) is 39.1 Å². The fourth-order valence-electron chi connectivity index (χ4n) is 4.54. The van der Waals surface area contributed by atoms with Gasteiger partial charge in [0.05, 0.1) is 5.69 Å². The van der Waals surface area contributed by atoms with Crippen molar-refractivity contribution in [1.29, 1.82) is 0 Å². The van der Waals surface area contributed by atoms with E-state index >= 15 is 0 Å². The number of hydrogen-bond donors (Lipinski definition) is 2. The summed E-state index contributed by atoms with van der Waals surface area (Å²) in [6.45, 7) is 0. The Labute approximate surface area is 182 Å². The van der Waals surface area contributed by atoms with Crippen molar-refractivity contribution in [3.8, 4) is 11.1 Å². The third-order valence-corrected chi connectivity index (χ3v) is 7.24. The first-order valence-electron chi connectivity index (χ1n) is 10.1. The molecule has 2 aromatic carbocycles. The summed E-state index contributed by atoms with van der Waals surface area (Å²) in [5.74, 6) is -0.0640. The van der Waals surface area contributed by atoms with Crippen molar-refractivity contribution in [1.82, 2.24) is 10.3 Å². The van der Waals surface area contributed by atoms with Gasteiger partial charge in [-0.1, -0.05) is 54.1 Å². The molecule has 2 N–H and O–H groups in total. The lowest BCUT2D eigenvalue weighted by Gasteiger charge is -2.27. The smallest absolute Gasteiger partial charge is 0.265 e. The summed E-state index contributed by atoms with van der Waals surface area (Å²) in [6.07, 6.45) is 2.85. The van der Waals surface area contributed by atoms with Crippen LogP contribution in [0.5, 0.6) is 0 Å². The van der Waals surface area contributed by atoms with Gasteiger partial charge in [-0.25, -0.2) is 4.98 Å². The molecule has 6 heteroatoms. The summed E-state index contributed by atoms with van der Waals surface area (Å²) in [6, 6.07) is 18.0. The summed E-state index contributed by atoms with van der Waals surface area (Å²) in [7, 11) is 0. The number of nitrogens with one attached hydrogen (secondary N) is 2. The number of halogens is 1. The van der Waals surface area contributed by atoms with Crippen LogP contribution < -0.4 is 10.6 Å². The quantitative estimate of drug-likeness (QED) is 0.411. The minimum Gasteiger partial charge on any atom is -0.360 e. The first-order valence-corrected chi connectivity index (χ1v) is 11.2. The molecule has 2 aromatic heterocycles. The lowest BCUT2D eigenvalue weighted by molar-refractivity contribution is 0.0940. The van der Waals surface area contributed by atoms with Crippen molar-refractivity contribution in [3.05, 3.63) is 81.3 Å². The topological polar surface area (TPSA) is 54.0 Å². The third-order valence-electron chi connectivity index (χ3n) is 5.90. The average Bonchev–Trinajstić information content (AvgIpc) is 3.38. The van der Waals surface area contributed by atoms with Gasteiger partial charge < -0.3 is 10.6 Å². The number of hydrogen-bond acceptors (Lipinski definition) is 4. The number of aryl methyl sites for hydroxylation is 1. The van der Waals surface area contributed by atoms with E-state index in [9.17, 15) is 4.79 Å². The van der Waals surface area contributed by atoms with Crippen LogP contribution in [0, 0.1) is 0 Å². The van der Waals surface area contributed by atoms with E-state index in [1.165, 1.54) is 33.7 Å². The molecule has 3 heterocycles.